The van der Waals surface area contributed by atoms with E-state index in [9.17, 15) is 9.59 Å². The average Bonchev–Trinajstić information content (AvgIpc) is 3.29. The van der Waals surface area contributed by atoms with Gasteiger partial charge in [0.05, 0.1) is 7.11 Å². The summed E-state index contributed by atoms with van der Waals surface area (Å²) in [5, 5.41) is -0.872. The molecule has 7 heteroatoms. The molecule has 1 amide bonds. The van der Waals surface area contributed by atoms with Crippen LogP contribution in [0.5, 0.6) is 11.5 Å². The SMILES string of the molecule is C=C[C@H](c1ccc2c(c1)OCO2)[C@@H](Cl)C(=O)N1CCC[C@H]1C(=O)OC. The minimum atomic E-state index is -0.872. The number of alkyl halides is 1. The van der Waals surface area contributed by atoms with Gasteiger partial charge in [-0.15, -0.1) is 18.2 Å². The molecule has 1 aromatic carbocycles. The Balaban J connectivity index is 1.80. The van der Waals surface area contributed by atoms with E-state index in [1.807, 2.05) is 6.07 Å². The highest BCUT2D eigenvalue weighted by Gasteiger charge is 2.39. The third kappa shape index (κ3) is 3.31. The number of hydrogen-bond acceptors (Lipinski definition) is 5. The maximum absolute atomic E-state index is 12.9. The maximum atomic E-state index is 12.9. The number of benzene rings is 1. The van der Waals surface area contributed by atoms with Crippen LogP contribution in [0.2, 0.25) is 0 Å². The number of amides is 1. The molecule has 0 bridgehead atoms. The fourth-order valence-electron chi connectivity index (χ4n) is 3.27. The Morgan fingerprint density at radius 1 is 1.40 bits per heavy atom. The van der Waals surface area contributed by atoms with Crippen LogP contribution in [0.25, 0.3) is 0 Å². The number of allylic oxidation sites excluding steroid dienone is 1. The van der Waals surface area contributed by atoms with E-state index in [0.717, 1.165) is 12.0 Å². The Morgan fingerprint density at radius 3 is 2.88 bits per heavy atom. The summed E-state index contributed by atoms with van der Waals surface area (Å²) in [6.45, 7) is 4.48. The Kier molecular flexibility index (Phi) is 5.18. The summed E-state index contributed by atoms with van der Waals surface area (Å²) in [7, 11) is 1.32. The first-order valence-electron chi connectivity index (χ1n) is 8.11. The van der Waals surface area contributed by atoms with Gasteiger partial charge in [0.15, 0.2) is 11.5 Å². The van der Waals surface area contributed by atoms with Crippen LogP contribution in [0, 0.1) is 0 Å². The van der Waals surface area contributed by atoms with Crippen molar-refractivity contribution < 1.29 is 23.8 Å². The van der Waals surface area contributed by atoms with Crippen LogP contribution in [-0.2, 0) is 14.3 Å². The number of esters is 1. The van der Waals surface area contributed by atoms with Gasteiger partial charge in [0.1, 0.15) is 11.4 Å². The third-order valence-corrected chi connectivity index (χ3v) is 5.05. The molecule has 0 radical (unpaired) electrons. The molecule has 3 atom stereocenters. The van der Waals surface area contributed by atoms with E-state index >= 15 is 0 Å². The summed E-state index contributed by atoms with van der Waals surface area (Å²) in [6, 6.07) is 4.86. The van der Waals surface area contributed by atoms with Crippen LogP contribution in [0.15, 0.2) is 30.9 Å². The molecule has 2 aliphatic rings. The second-order valence-corrected chi connectivity index (χ2v) is 6.46. The molecule has 1 saturated heterocycles. The van der Waals surface area contributed by atoms with Crippen molar-refractivity contribution in [3.63, 3.8) is 0 Å². The van der Waals surface area contributed by atoms with Crippen molar-refractivity contribution in [3.8, 4) is 11.5 Å². The zero-order valence-corrected chi connectivity index (χ0v) is 14.7. The highest BCUT2D eigenvalue weighted by Crippen LogP contribution is 2.37. The molecule has 0 aliphatic carbocycles. The van der Waals surface area contributed by atoms with E-state index in [-0.39, 0.29) is 12.7 Å². The minimum absolute atomic E-state index is 0.176. The third-order valence-electron chi connectivity index (χ3n) is 4.60. The van der Waals surface area contributed by atoms with Gasteiger partial charge in [-0.25, -0.2) is 4.79 Å². The molecule has 0 spiro atoms. The zero-order valence-electron chi connectivity index (χ0n) is 13.9. The van der Waals surface area contributed by atoms with E-state index in [1.165, 1.54) is 12.0 Å². The molecule has 25 heavy (non-hydrogen) atoms. The van der Waals surface area contributed by atoms with Gasteiger partial charge in [0.2, 0.25) is 12.7 Å². The number of likely N-dealkylation sites (tertiary alicyclic amines) is 1. The summed E-state index contributed by atoms with van der Waals surface area (Å²) in [5.74, 6) is 0.163. The lowest BCUT2D eigenvalue weighted by molar-refractivity contribution is -0.150. The largest absolute Gasteiger partial charge is 0.467 e. The molecule has 0 aromatic heterocycles. The maximum Gasteiger partial charge on any atom is 0.328 e. The lowest BCUT2D eigenvalue weighted by atomic mass is 9.94. The predicted molar refractivity (Wildman–Crippen MR) is 91.9 cm³/mol. The number of ether oxygens (including phenoxy) is 3. The molecule has 0 unspecified atom stereocenters. The van der Waals surface area contributed by atoms with Crippen LogP contribution in [0.3, 0.4) is 0 Å². The average molecular weight is 366 g/mol. The fraction of sp³-hybridized carbons (Fsp3) is 0.444. The molecule has 2 aliphatic heterocycles. The number of carbonyl (C=O) groups excluding carboxylic acids is 2. The van der Waals surface area contributed by atoms with Crippen molar-refractivity contribution in [2.24, 2.45) is 0 Å². The Morgan fingerprint density at radius 2 is 2.16 bits per heavy atom. The topological polar surface area (TPSA) is 65.1 Å². The Labute approximate surface area is 151 Å². The lowest BCUT2D eigenvalue weighted by Crippen LogP contribution is -2.45. The molecule has 1 fully saturated rings. The summed E-state index contributed by atoms with van der Waals surface area (Å²) >= 11 is 6.49. The zero-order chi connectivity index (χ0) is 18.0. The van der Waals surface area contributed by atoms with Gasteiger partial charge in [-0.2, -0.15) is 0 Å². The van der Waals surface area contributed by atoms with Gasteiger partial charge in [-0.1, -0.05) is 12.1 Å². The second kappa shape index (κ2) is 7.35. The van der Waals surface area contributed by atoms with E-state index in [4.69, 9.17) is 25.8 Å². The molecular formula is C18H20ClNO5. The number of fused-ring (bicyclic) bond motifs is 1. The Hall–Kier alpha value is -2.21. The molecule has 2 heterocycles. The van der Waals surface area contributed by atoms with Crippen LogP contribution < -0.4 is 9.47 Å². The van der Waals surface area contributed by atoms with Gasteiger partial charge in [0.25, 0.3) is 0 Å². The van der Waals surface area contributed by atoms with Gasteiger partial charge in [-0.3, -0.25) is 4.79 Å². The van der Waals surface area contributed by atoms with Crippen molar-refractivity contribution in [1.82, 2.24) is 4.90 Å². The molecule has 6 nitrogen and oxygen atoms in total. The number of nitrogens with zero attached hydrogens (tertiary/aromatic N) is 1. The highest BCUT2D eigenvalue weighted by atomic mass is 35.5. The highest BCUT2D eigenvalue weighted by molar-refractivity contribution is 6.31. The van der Waals surface area contributed by atoms with Crippen molar-refractivity contribution in [1.29, 1.82) is 0 Å². The van der Waals surface area contributed by atoms with Crippen LogP contribution in [0.4, 0.5) is 0 Å². The second-order valence-electron chi connectivity index (χ2n) is 5.99. The number of rotatable bonds is 5. The molecule has 0 saturated carbocycles. The first-order valence-corrected chi connectivity index (χ1v) is 8.55. The van der Waals surface area contributed by atoms with Crippen LogP contribution in [0.1, 0.15) is 24.3 Å². The van der Waals surface area contributed by atoms with E-state index < -0.39 is 23.3 Å². The fourth-order valence-corrected chi connectivity index (χ4v) is 3.64. The molecular weight excluding hydrogens is 346 g/mol. The van der Waals surface area contributed by atoms with Crippen LogP contribution >= 0.6 is 11.6 Å². The standard InChI is InChI=1S/C18H20ClNO5/c1-3-12(11-6-7-14-15(9-11)25-10-24-14)16(19)17(21)20-8-4-5-13(20)18(22)23-2/h3,6-7,9,12-13,16H,1,4-5,8,10H2,2H3/t12-,13+,16-/m1/s1. The first kappa shape index (κ1) is 17.6. The quantitative estimate of drug-likeness (QED) is 0.455. The van der Waals surface area contributed by atoms with E-state index in [0.29, 0.717) is 24.5 Å². The predicted octanol–water partition coefficient (Wildman–Crippen LogP) is 2.46. The molecule has 0 N–H and O–H groups in total. The first-order chi connectivity index (χ1) is 12.1. The summed E-state index contributed by atoms with van der Waals surface area (Å²) < 4.78 is 15.5. The molecule has 134 valence electrons. The van der Waals surface area contributed by atoms with Gasteiger partial charge >= 0.3 is 5.97 Å². The molecule has 1 aromatic rings. The lowest BCUT2D eigenvalue weighted by Gasteiger charge is -2.27. The molecule has 3 rings (SSSR count). The smallest absolute Gasteiger partial charge is 0.328 e. The summed E-state index contributed by atoms with van der Waals surface area (Å²) in [6.07, 6.45) is 2.97. The van der Waals surface area contributed by atoms with Crippen molar-refractivity contribution >= 4 is 23.5 Å². The van der Waals surface area contributed by atoms with Gasteiger partial charge in [-0.05, 0) is 30.5 Å². The monoisotopic (exact) mass is 365 g/mol. The van der Waals surface area contributed by atoms with Gasteiger partial charge < -0.3 is 19.1 Å². The van der Waals surface area contributed by atoms with Crippen molar-refractivity contribution in [2.45, 2.75) is 30.2 Å². The van der Waals surface area contributed by atoms with Gasteiger partial charge in [0, 0.05) is 12.5 Å². The number of halogens is 1. The number of carbonyl (C=O) groups is 2. The Bertz CT molecular complexity index is 692. The van der Waals surface area contributed by atoms with Crippen molar-refractivity contribution in [3.05, 3.63) is 36.4 Å². The van der Waals surface area contributed by atoms with E-state index in [2.05, 4.69) is 6.58 Å². The van der Waals surface area contributed by atoms with E-state index in [1.54, 1.807) is 18.2 Å². The number of methoxy groups -OCH3 is 1. The summed E-state index contributed by atoms with van der Waals surface area (Å²) in [5.41, 5.74) is 0.807. The van der Waals surface area contributed by atoms with Crippen molar-refractivity contribution in [2.75, 3.05) is 20.4 Å². The van der Waals surface area contributed by atoms with Crippen LogP contribution in [-0.4, -0.2) is 48.6 Å². The summed E-state index contributed by atoms with van der Waals surface area (Å²) in [4.78, 5) is 26.3. The minimum Gasteiger partial charge on any atom is -0.467 e. The number of hydrogen-bond donors (Lipinski definition) is 0. The normalized spacial score (nSPS) is 20.9.